The van der Waals surface area contributed by atoms with Crippen LogP contribution in [0.2, 0.25) is 0 Å². The molecule has 3 nitrogen and oxygen atoms in total. The first-order valence-corrected chi connectivity index (χ1v) is 6.92. The van der Waals surface area contributed by atoms with Gasteiger partial charge in [-0.2, -0.15) is 0 Å². The average Bonchev–Trinajstić information content (AvgIpc) is 2.54. The topological polar surface area (TPSA) is 39.2 Å². The number of benzene rings is 1. The fourth-order valence-corrected chi connectivity index (χ4v) is 2.79. The summed E-state index contributed by atoms with van der Waals surface area (Å²) in [6, 6.07) is 14.2. The summed E-state index contributed by atoms with van der Waals surface area (Å²) >= 11 is 0. The molecular weight excluding hydrogens is 250 g/mol. The molecule has 0 saturated carbocycles. The number of esters is 1. The maximum Gasteiger partial charge on any atom is 0.314 e. The van der Waals surface area contributed by atoms with E-state index in [1.54, 1.807) is 0 Å². The Kier molecular flexibility index (Phi) is 3.50. The van der Waals surface area contributed by atoms with Crippen LogP contribution in [-0.4, -0.2) is 18.1 Å². The highest BCUT2D eigenvalue weighted by Crippen LogP contribution is 2.32. The van der Waals surface area contributed by atoms with E-state index in [9.17, 15) is 4.79 Å². The summed E-state index contributed by atoms with van der Waals surface area (Å²) in [5.74, 6) is -0.393. The summed E-state index contributed by atoms with van der Waals surface area (Å²) in [6.07, 6.45) is 2.83. The zero-order chi connectivity index (χ0) is 13.9. The number of methoxy groups -OCH3 is 1. The highest BCUT2D eigenvalue weighted by molar-refractivity contribution is 5.78. The summed E-state index contributed by atoms with van der Waals surface area (Å²) in [5.41, 5.74) is 4.06. The summed E-state index contributed by atoms with van der Waals surface area (Å²) in [5, 5.41) is 0. The number of ether oxygens (including phenoxy) is 1. The number of hydrogen-bond donors (Lipinski definition) is 0. The van der Waals surface area contributed by atoms with Gasteiger partial charge in [-0.3, -0.25) is 9.78 Å². The number of nitrogens with zero attached hydrogens (tertiary/aromatic N) is 1. The van der Waals surface area contributed by atoms with Crippen molar-refractivity contribution < 1.29 is 9.53 Å². The zero-order valence-electron chi connectivity index (χ0n) is 11.5. The molecule has 0 bridgehead atoms. The predicted molar refractivity (Wildman–Crippen MR) is 77.4 cm³/mol. The van der Waals surface area contributed by atoms with Crippen molar-refractivity contribution in [3.8, 4) is 11.3 Å². The second-order valence-electron chi connectivity index (χ2n) is 5.07. The number of fused-ring (bicyclic) bond motifs is 1. The van der Waals surface area contributed by atoms with Gasteiger partial charge in [0.2, 0.25) is 0 Å². The standard InChI is InChI=1S/C17H17NO2/c1-20-17(19)14-9-5-8-13-10-11-15(18-16(13)14)12-6-3-2-4-7-12/h2-4,6-7,10-11,14H,5,8-9H2,1H3. The van der Waals surface area contributed by atoms with Crippen molar-refractivity contribution in [3.05, 3.63) is 53.7 Å². The van der Waals surface area contributed by atoms with Crippen LogP contribution in [0.15, 0.2) is 42.5 Å². The van der Waals surface area contributed by atoms with E-state index in [4.69, 9.17) is 9.72 Å². The van der Waals surface area contributed by atoms with E-state index in [0.29, 0.717) is 0 Å². The first kappa shape index (κ1) is 12.9. The minimum atomic E-state index is -0.215. The van der Waals surface area contributed by atoms with E-state index < -0.39 is 0 Å². The molecule has 1 atom stereocenters. The molecule has 0 aliphatic heterocycles. The Hall–Kier alpha value is -2.16. The van der Waals surface area contributed by atoms with Crippen LogP contribution in [0.1, 0.15) is 30.0 Å². The summed E-state index contributed by atoms with van der Waals surface area (Å²) in [7, 11) is 1.44. The first-order valence-electron chi connectivity index (χ1n) is 6.92. The van der Waals surface area contributed by atoms with E-state index in [1.807, 2.05) is 36.4 Å². The highest BCUT2D eigenvalue weighted by Gasteiger charge is 2.28. The third-order valence-electron chi connectivity index (χ3n) is 3.84. The van der Waals surface area contributed by atoms with Crippen LogP contribution in [0, 0.1) is 0 Å². The SMILES string of the molecule is COC(=O)C1CCCc2ccc(-c3ccccc3)nc21. The second kappa shape index (κ2) is 5.45. The normalized spacial score (nSPS) is 17.4. The van der Waals surface area contributed by atoms with Crippen molar-refractivity contribution in [3.63, 3.8) is 0 Å². The molecule has 1 aliphatic carbocycles. The lowest BCUT2D eigenvalue weighted by Gasteiger charge is -2.23. The molecule has 20 heavy (non-hydrogen) atoms. The van der Waals surface area contributed by atoms with Gasteiger partial charge in [-0.05, 0) is 30.9 Å². The summed E-state index contributed by atoms with van der Waals surface area (Å²) < 4.78 is 4.91. The van der Waals surface area contributed by atoms with E-state index in [2.05, 4.69) is 6.07 Å². The molecule has 1 aromatic carbocycles. The van der Waals surface area contributed by atoms with Crippen LogP contribution < -0.4 is 0 Å². The molecule has 3 rings (SSSR count). The van der Waals surface area contributed by atoms with Crippen LogP contribution in [0.25, 0.3) is 11.3 Å². The first-order chi connectivity index (χ1) is 9.79. The molecule has 0 amide bonds. The van der Waals surface area contributed by atoms with Gasteiger partial charge in [0, 0.05) is 5.56 Å². The fourth-order valence-electron chi connectivity index (χ4n) is 2.79. The predicted octanol–water partition coefficient (Wildman–Crippen LogP) is 3.34. The van der Waals surface area contributed by atoms with Crippen molar-refractivity contribution >= 4 is 5.97 Å². The maximum absolute atomic E-state index is 11.9. The molecule has 3 heteroatoms. The Balaban J connectivity index is 2.04. The summed E-state index contributed by atoms with van der Waals surface area (Å²) in [6.45, 7) is 0. The van der Waals surface area contributed by atoms with E-state index in [-0.39, 0.29) is 11.9 Å². The number of rotatable bonds is 2. The smallest absolute Gasteiger partial charge is 0.314 e. The third kappa shape index (κ3) is 2.31. The average molecular weight is 267 g/mol. The van der Waals surface area contributed by atoms with Crippen molar-refractivity contribution in [1.82, 2.24) is 4.98 Å². The molecule has 0 N–H and O–H groups in total. The number of pyridine rings is 1. The van der Waals surface area contributed by atoms with E-state index in [1.165, 1.54) is 12.7 Å². The fraction of sp³-hybridized carbons (Fsp3) is 0.294. The number of carbonyl (C=O) groups excluding carboxylic acids is 1. The Morgan fingerprint density at radius 2 is 2.00 bits per heavy atom. The third-order valence-corrected chi connectivity index (χ3v) is 3.84. The highest BCUT2D eigenvalue weighted by atomic mass is 16.5. The molecule has 102 valence electrons. The molecule has 0 saturated heterocycles. The molecule has 2 aromatic rings. The van der Waals surface area contributed by atoms with Gasteiger partial charge in [0.05, 0.1) is 24.4 Å². The number of hydrogen-bond acceptors (Lipinski definition) is 3. The second-order valence-corrected chi connectivity index (χ2v) is 5.07. The van der Waals surface area contributed by atoms with Crippen LogP contribution in [0.3, 0.4) is 0 Å². The molecule has 0 radical (unpaired) electrons. The Morgan fingerprint density at radius 1 is 1.20 bits per heavy atom. The van der Waals surface area contributed by atoms with E-state index >= 15 is 0 Å². The van der Waals surface area contributed by atoms with Gasteiger partial charge >= 0.3 is 5.97 Å². The molecule has 0 spiro atoms. The van der Waals surface area contributed by atoms with Crippen molar-refractivity contribution in [2.45, 2.75) is 25.2 Å². The van der Waals surface area contributed by atoms with Crippen LogP contribution in [0.5, 0.6) is 0 Å². The van der Waals surface area contributed by atoms with E-state index in [0.717, 1.165) is 36.2 Å². The lowest BCUT2D eigenvalue weighted by atomic mass is 9.86. The molecule has 1 aromatic heterocycles. The van der Waals surface area contributed by atoms with Crippen molar-refractivity contribution in [2.75, 3.05) is 7.11 Å². The monoisotopic (exact) mass is 267 g/mol. The lowest BCUT2D eigenvalue weighted by Crippen LogP contribution is -2.21. The van der Waals surface area contributed by atoms with Gasteiger partial charge in [-0.15, -0.1) is 0 Å². The molecule has 1 unspecified atom stereocenters. The van der Waals surface area contributed by atoms with Crippen molar-refractivity contribution in [2.24, 2.45) is 0 Å². The summed E-state index contributed by atoms with van der Waals surface area (Å²) in [4.78, 5) is 16.6. The Bertz CT molecular complexity index is 622. The number of carbonyl (C=O) groups is 1. The van der Waals surface area contributed by atoms with Crippen LogP contribution in [-0.2, 0) is 16.0 Å². The lowest BCUT2D eigenvalue weighted by molar-refractivity contribution is -0.142. The Labute approximate surface area is 118 Å². The van der Waals surface area contributed by atoms with Crippen LogP contribution >= 0.6 is 0 Å². The molecule has 0 fully saturated rings. The van der Waals surface area contributed by atoms with Gasteiger partial charge < -0.3 is 4.74 Å². The molecule has 1 heterocycles. The van der Waals surface area contributed by atoms with Gasteiger partial charge in [0.1, 0.15) is 0 Å². The van der Waals surface area contributed by atoms with Gasteiger partial charge in [-0.25, -0.2) is 0 Å². The van der Waals surface area contributed by atoms with Gasteiger partial charge in [0.25, 0.3) is 0 Å². The quantitative estimate of drug-likeness (QED) is 0.783. The Morgan fingerprint density at radius 3 is 2.75 bits per heavy atom. The van der Waals surface area contributed by atoms with Gasteiger partial charge in [-0.1, -0.05) is 36.4 Å². The number of aryl methyl sites for hydroxylation is 1. The maximum atomic E-state index is 11.9. The largest absolute Gasteiger partial charge is 0.469 e. The minimum absolute atomic E-state index is 0.177. The zero-order valence-corrected chi connectivity index (χ0v) is 11.5. The van der Waals surface area contributed by atoms with Gasteiger partial charge in [0.15, 0.2) is 0 Å². The number of aromatic nitrogens is 1. The van der Waals surface area contributed by atoms with Crippen molar-refractivity contribution in [1.29, 1.82) is 0 Å². The minimum Gasteiger partial charge on any atom is -0.469 e. The molecule has 1 aliphatic rings. The van der Waals surface area contributed by atoms with Crippen LogP contribution in [0.4, 0.5) is 0 Å². The molecular formula is C17H17NO2.